The van der Waals surface area contributed by atoms with Gasteiger partial charge in [0.2, 0.25) is 5.91 Å². The van der Waals surface area contributed by atoms with Crippen LogP contribution in [0.15, 0.2) is 78.9 Å². The van der Waals surface area contributed by atoms with Gasteiger partial charge in [0.05, 0.1) is 23.8 Å². The van der Waals surface area contributed by atoms with Crippen LogP contribution in [0.2, 0.25) is 5.02 Å². The number of hydrogen-bond acceptors (Lipinski definition) is 4. The summed E-state index contributed by atoms with van der Waals surface area (Å²) < 4.78 is 5.77. The van der Waals surface area contributed by atoms with Crippen molar-refractivity contribution in [3.63, 3.8) is 0 Å². The van der Waals surface area contributed by atoms with Crippen molar-refractivity contribution in [2.75, 3.05) is 12.0 Å². The fourth-order valence-electron chi connectivity index (χ4n) is 3.31. The first-order valence-corrected chi connectivity index (χ1v) is 12.9. The largest absolute Gasteiger partial charge is 0.372 e. The van der Waals surface area contributed by atoms with Crippen LogP contribution in [0.4, 0.5) is 0 Å². The number of carbonyl (C=O) groups is 2. The molecule has 2 N–H and O–H groups in total. The topological polar surface area (TPSA) is 67.4 Å². The maximum absolute atomic E-state index is 12.8. The van der Waals surface area contributed by atoms with E-state index in [4.69, 9.17) is 16.3 Å². The predicted octanol–water partition coefficient (Wildman–Crippen LogP) is 5.22. The zero-order valence-corrected chi connectivity index (χ0v) is 20.7. The minimum Gasteiger partial charge on any atom is -0.372 e. The molecule has 0 aliphatic rings. The molecule has 1 unspecified atom stereocenters. The first-order valence-electron chi connectivity index (χ1n) is 11.1. The van der Waals surface area contributed by atoms with Gasteiger partial charge in [0.1, 0.15) is 6.04 Å². The number of hydrogen-bond donors (Lipinski definition) is 2. The van der Waals surface area contributed by atoms with Crippen LogP contribution in [-0.4, -0.2) is 29.9 Å². The highest BCUT2D eigenvalue weighted by Gasteiger charge is 2.22. The molecule has 0 bridgehead atoms. The van der Waals surface area contributed by atoms with E-state index in [1.807, 2.05) is 60.9 Å². The number of benzene rings is 3. The van der Waals surface area contributed by atoms with Crippen molar-refractivity contribution >= 4 is 35.2 Å². The molecule has 2 amide bonds. The van der Waals surface area contributed by atoms with Gasteiger partial charge in [-0.25, -0.2) is 0 Å². The summed E-state index contributed by atoms with van der Waals surface area (Å²) in [6, 6.07) is 24.2. The number of amides is 2. The molecule has 0 fully saturated rings. The van der Waals surface area contributed by atoms with Crippen molar-refractivity contribution in [1.82, 2.24) is 10.6 Å². The third-order valence-electron chi connectivity index (χ3n) is 5.22. The highest BCUT2D eigenvalue weighted by Crippen LogP contribution is 2.15. The minimum atomic E-state index is -0.637. The van der Waals surface area contributed by atoms with Gasteiger partial charge in [-0.1, -0.05) is 78.3 Å². The van der Waals surface area contributed by atoms with E-state index in [1.165, 1.54) is 0 Å². The Kier molecular flexibility index (Phi) is 10.5. The lowest BCUT2D eigenvalue weighted by atomic mass is 10.1. The zero-order valence-electron chi connectivity index (χ0n) is 19.1. The highest BCUT2D eigenvalue weighted by molar-refractivity contribution is 7.98. The summed E-state index contributed by atoms with van der Waals surface area (Å²) in [5.41, 5.74) is 3.53. The smallest absolute Gasteiger partial charge is 0.253 e. The Balaban J connectivity index is 1.50. The molecule has 178 valence electrons. The van der Waals surface area contributed by atoms with Gasteiger partial charge < -0.3 is 15.4 Å². The van der Waals surface area contributed by atoms with Gasteiger partial charge in [0, 0.05) is 6.54 Å². The van der Waals surface area contributed by atoms with E-state index in [1.54, 1.807) is 36.0 Å². The fourth-order valence-corrected chi connectivity index (χ4v) is 4.01. The molecule has 7 heteroatoms. The average Bonchev–Trinajstić information content (AvgIpc) is 2.86. The summed E-state index contributed by atoms with van der Waals surface area (Å²) in [5.74, 6) is 0.176. The summed E-state index contributed by atoms with van der Waals surface area (Å²) in [6.45, 7) is 1.46. The van der Waals surface area contributed by atoms with Crippen molar-refractivity contribution in [3.05, 3.63) is 106 Å². The van der Waals surface area contributed by atoms with Gasteiger partial charge in [-0.05, 0) is 47.3 Å². The summed E-state index contributed by atoms with van der Waals surface area (Å²) >= 11 is 7.75. The van der Waals surface area contributed by atoms with Crippen molar-refractivity contribution in [1.29, 1.82) is 0 Å². The third kappa shape index (κ3) is 8.20. The molecule has 5 nitrogen and oxygen atoms in total. The number of carbonyl (C=O) groups excluding carboxylic acids is 2. The number of rotatable bonds is 12. The normalized spacial score (nSPS) is 11.6. The fraction of sp³-hybridized carbons (Fsp3) is 0.259. The molecule has 0 heterocycles. The van der Waals surface area contributed by atoms with Crippen LogP contribution < -0.4 is 10.6 Å². The molecule has 3 aromatic rings. The van der Waals surface area contributed by atoms with E-state index in [-0.39, 0.29) is 11.8 Å². The van der Waals surface area contributed by atoms with E-state index in [2.05, 4.69) is 10.6 Å². The standard InChI is InChI=1S/C27H29ClN2O3S/c1-34-16-15-25(30-26(31)23-9-5-6-10-24(23)28)27(32)29-17-20-11-13-22(14-12-20)19-33-18-21-7-3-2-4-8-21/h2-14,25H,15-19H2,1H3,(H,29,32)(H,30,31). The Morgan fingerprint density at radius 3 is 2.18 bits per heavy atom. The Labute approximate surface area is 210 Å². The number of halogens is 1. The monoisotopic (exact) mass is 496 g/mol. The quantitative estimate of drug-likeness (QED) is 0.360. The molecule has 0 saturated carbocycles. The van der Waals surface area contributed by atoms with Gasteiger partial charge in [-0.15, -0.1) is 0 Å². The summed E-state index contributed by atoms with van der Waals surface area (Å²) in [4.78, 5) is 25.5. The number of nitrogens with one attached hydrogen (secondary N) is 2. The van der Waals surface area contributed by atoms with Gasteiger partial charge in [-0.3, -0.25) is 9.59 Å². The lowest BCUT2D eigenvalue weighted by Gasteiger charge is -2.18. The van der Waals surface area contributed by atoms with Gasteiger partial charge in [0.15, 0.2) is 0 Å². The van der Waals surface area contributed by atoms with Crippen LogP contribution in [-0.2, 0) is 29.3 Å². The highest BCUT2D eigenvalue weighted by atomic mass is 35.5. The lowest BCUT2D eigenvalue weighted by Crippen LogP contribution is -2.47. The second kappa shape index (κ2) is 13.8. The second-order valence-electron chi connectivity index (χ2n) is 7.80. The SMILES string of the molecule is CSCCC(NC(=O)c1ccccc1Cl)C(=O)NCc1ccc(COCc2ccccc2)cc1. The Morgan fingerprint density at radius 1 is 0.882 bits per heavy atom. The number of ether oxygens (including phenoxy) is 1. The molecule has 0 radical (unpaired) electrons. The molecule has 0 aromatic heterocycles. The third-order valence-corrected chi connectivity index (χ3v) is 6.19. The molecule has 0 saturated heterocycles. The van der Waals surface area contributed by atoms with E-state index in [0.717, 1.165) is 22.4 Å². The van der Waals surface area contributed by atoms with Crippen molar-refractivity contribution in [3.8, 4) is 0 Å². The Morgan fingerprint density at radius 2 is 1.50 bits per heavy atom. The maximum Gasteiger partial charge on any atom is 0.253 e. The zero-order chi connectivity index (χ0) is 24.2. The molecule has 0 aliphatic heterocycles. The average molecular weight is 497 g/mol. The van der Waals surface area contributed by atoms with Gasteiger partial charge in [-0.2, -0.15) is 11.8 Å². The van der Waals surface area contributed by atoms with Gasteiger partial charge >= 0.3 is 0 Å². The van der Waals surface area contributed by atoms with Crippen LogP contribution in [0.1, 0.15) is 33.5 Å². The van der Waals surface area contributed by atoms with Crippen LogP contribution in [0.3, 0.4) is 0 Å². The number of thioether (sulfide) groups is 1. The van der Waals surface area contributed by atoms with Crippen molar-refractivity contribution < 1.29 is 14.3 Å². The Bertz CT molecular complexity index is 1060. The summed E-state index contributed by atoms with van der Waals surface area (Å²) in [5, 5.41) is 6.12. The molecule has 0 spiro atoms. The van der Waals surface area contributed by atoms with E-state index < -0.39 is 6.04 Å². The van der Waals surface area contributed by atoms with Crippen LogP contribution >= 0.6 is 23.4 Å². The van der Waals surface area contributed by atoms with Crippen LogP contribution in [0.5, 0.6) is 0 Å². The van der Waals surface area contributed by atoms with Crippen LogP contribution in [0, 0.1) is 0 Å². The second-order valence-corrected chi connectivity index (χ2v) is 9.19. The maximum atomic E-state index is 12.8. The Hall–Kier alpha value is -2.80. The van der Waals surface area contributed by atoms with Crippen molar-refractivity contribution in [2.45, 2.75) is 32.2 Å². The molecule has 3 aromatic carbocycles. The van der Waals surface area contributed by atoms with E-state index in [0.29, 0.717) is 36.8 Å². The van der Waals surface area contributed by atoms with E-state index >= 15 is 0 Å². The van der Waals surface area contributed by atoms with Crippen LogP contribution in [0.25, 0.3) is 0 Å². The van der Waals surface area contributed by atoms with Crippen molar-refractivity contribution in [2.24, 2.45) is 0 Å². The first kappa shape index (κ1) is 25.8. The van der Waals surface area contributed by atoms with Gasteiger partial charge in [0.25, 0.3) is 5.91 Å². The first-order chi connectivity index (χ1) is 16.6. The lowest BCUT2D eigenvalue weighted by molar-refractivity contribution is -0.123. The molecule has 1 atom stereocenters. The van der Waals surface area contributed by atoms with E-state index in [9.17, 15) is 9.59 Å². The molecular formula is C27H29ClN2O3S. The molecular weight excluding hydrogens is 468 g/mol. The molecule has 34 heavy (non-hydrogen) atoms. The minimum absolute atomic E-state index is 0.218. The summed E-state index contributed by atoms with van der Waals surface area (Å²) in [7, 11) is 0. The molecule has 3 rings (SSSR count). The predicted molar refractivity (Wildman–Crippen MR) is 139 cm³/mol. The summed E-state index contributed by atoms with van der Waals surface area (Å²) in [6.07, 6.45) is 2.50. The molecule has 0 aliphatic carbocycles.